The Labute approximate surface area is 168 Å². The number of carbonyl (C=O) groups excluding carboxylic acids is 2. The number of hydrogen-bond donors (Lipinski definition) is 1. The smallest absolute Gasteiger partial charge is 0.349 e. The third kappa shape index (κ3) is 3.66. The van der Waals surface area contributed by atoms with Crippen molar-refractivity contribution in [3.8, 4) is 0 Å². The molecular formula is C23H22N2O4. The quantitative estimate of drug-likeness (QED) is 0.686. The number of hydrogen-bond acceptors (Lipinski definition) is 4. The van der Waals surface area contributed by atoms with E-state index in [-0.39, 0.29) is 17.4 Å². The summed E-state index contributed by atoms with van der Waals surface area (Å²) in [7, 11) is 0. The number of nitrogens with zero attached hydrogens (tertiary/aromatic N) is 1. The standard InChI is InChI=1S/C23H22N2O4/c1-14(2)22(27)25-11-5-7-15-12-17(9-10-19(15)25)24-21(26)18-13-16-6-3-4-8-20(16)29-23(18)28/h3-4,6,8-10,12-14H,5,7,11H2,1-2H3,(H,24,26). The molecule has 0 unspecified atom stereocenters. The molecule has 0 saturated carbocycles. The normalized spacial score (nSPS) is 13.4. The van der Waals surface area contributed by atoms with E-state index >= 15 is 0 Å². The lowest BCUT2D eigenvalue weighted by Crippen LogP contribution is -2.38. The molecule has 0 spiro atoms. The predicted octanol–water partition coefficient (Wildman–Crippen LogP) is 3.98. The molecule has 0 aliphatic carbocycles. The molecular weight excluding hydrogens is 368 g/mol. The molecule has 6 heteroatoms. The van der Waals surface area contributed by atoms with Gasteiger partial charge in [0, 0.05) is 29.2 Å². The zero-order valence-corrected chi connectivity index (χ0v) is 16.4. The summed E-state index contributed by atoms with van der Waals surface area (Å²) >= 11 is 0. The lowest BCUT2D eigenvalue weighted by molar-refractivity contribution is -0.121. The van der Waals surface area contributed by atoms with Crippen molar-refractivity contribution < 1.29 is 14.0 Å². The highest BCUT2D eigenvalue weighted by atomic mass is 16.4. The summed E-state index contributed by atoms with van der Waals surface area (Å²) in [5.41, 5.74) is 2.20. The summed E-state index contributed by atoms with van der Waals surface area (Å²) in [4.78, 5) is 39.2. The fourth-order valence-corrected chi connectivity index (χ4v) is 3.63. The lowest BCUT2D eigenvalue weighted by Gasteiger charge is -2.31. The highest BCUT2D eigenvalue weighted by molar-refractivity contribution is 6.05. The number of amides is 2. The minimum absolute atomic E-state index is 0.0435. The second kappa shape index (κ2) is 7.54. The van der Waals surface area contributed by atoms with Gasteiger partial charge in [-0.3, -0.25) is 9.59 Å². The van der Waals surface area contributed by atoms with Crippen LogP contribution in [-0.2, 0) is 11.2 Å². The average Bonchev–Trinajstić information content (AvgIpc) is 2.71. The first kappa shape index (κ1) is 18.9. The Balaban J connectivity index is 1.61. The number of carbonyl (C=O) groups is 2. The maximum Gasteiger partial charge on any atom is 0.349 e. The predicted molar refractivity (Wildman–Crippen MR) is 112 cm³/mol. The van der Waals surface area contributed by atoms with Gasteiger partial charge >= 0.3 is 5.63 Å². The number of anilines is 2. The van der Waals surface area contributed by atoms with Crippen molar-refractivity contribution in [2.45, 2.75) is 26.7 Å². The second-order valence-electron chi connectivity index (χ2n) is 7.53. The minimum atomic E-state index is -0.673. The van der Waals surface area contributed by atoms with E-state index in [4.69, 9.17) is 4.42 Å². The Bertz CT molecular complexity index is 1160. The molecule has 0 radical (unpaired) electrons. The largest absolute Gasteiger partial charge is 0.422 e. The van der Waals surface area contributed by atoms with E-state index in [1.54, 1.807) is 24.3 Å². The van der Waals surface area contributed by atoms with E-state index in [2.05, 4.69) is 5.32 Å². The van der Waals surface area contributed by atoms with Crippen molar-refractivity contribution >= 4 is 34.2 Å². The van der Waals surface area contributed by atoms with Crippen molar-refractivity contribution in [3.63, 3.8) is 0 Å². The molecule has 29 heavy (non-hydrogen) atoms. The van der Waals surface area contributed by atoms with Crippen LogP contribution in [0.3, 0.4) is 0 Å². The summed E-state index contributed by atoms with van der Waals surface area (Å²) in [5.74, 6) is -0.501. The van der Waals surface area contributed by atoms with Gasteiger partial charge in [0.15, 0.2) is 0 Å². The van der Waals surface area contributed by atoms with Gasteiger partial charge in [0.2, 0.25) is 5.91 Å². The first-order valence-corrected chi connectivity index (χ1v) is 9.72. The topological polar surface area (TPSA) is 79.6 Å². The summed E-state index contributed by atoms with van der Waals surface area (Å²) in [6.07, 6.45) is 1.70. The van der Waals surface area contributed by atoms with Gasteiger partial charge in [-0.1, -0.05) is 32.0 Å². The number of nitrogens with one attached hydrogen (secondary N) is 1. The molecule has 1 aromatic heterocycles. The van der Waals surface area contributed by atoms with Crippen LogP contribution in [0.5, 0.6) is 0 Å². The third-order valence-electron chi connectivity index (χ3n) is 5.10. The molecule has 6 nitrogen and oxygen atoms in total. The second-order valence-corrected chi connectivity index (χ2v) is 7.53. The van der Waals surface area contributed by atoms with E-state index in [0.29, 0.717) is 23.2 Å². The molecule has 3 aromatic rings. The first-order chi connectivity index (χ1) is 13.9. The molecule has 148 valence electrons. The highest BCUT2D eigenvalue weighted by Gasteiger charge is 2.24. The van der Waals surface area contributed by atoms with Crippen molar-refractivity contribution in [2.24, 2.45) is 5.92 Å². The molecule has 0 atom stereocenters. The number of para-hydroxylation sites is 1. The Morgan fingerprint density at radius 2 is 1.90 bits per heavy atom. The minimum Gasteiger partial charge on any atom is -0.422 e. The maximum absolute atomic E-state index is 12.7. The van der Waals surface area contributed by atoms with Crippen LogP contribution in [0.15, 0.2) is 57.7 Å². The monoisotopic (exact) mass is 390 g/mol. The van der Waals surface area contributed by atoms with Crippen LogP contribution in [0.25, 0.3) is 11.0 Å². The molecule has 2 aromatic carbocycles. The van der Waals surface area contributed by atoms with Crippen molar-refractivity contribution in [1.29, 1.82) is 0 Å². The van der Waals surface area contributed by atoms with Gasteiger partial charge in [-0.05, 0) is 48.7 Å². The number of aryl methyl sites for hydroxylation is 1. The maximum atomic E-state index is 12.7. The summed E-state index contributed by atoms with van der Waals surface area (Å²) in [6, 6.07) is 14.1. The molecule has 2 amide bonds. The fourth-order valence-electron chi connectivity index (χ4n) is 3.63. The zero-order chi connectivity index (χ0) is 20.5. The van der Waals surface area contributed by atoms with Gasteiger partial charge in [0.25, 0.3) is 5.91 Å². The molecule has 0 bridgehead atoms. The van der Waals surface area contributed by atoms with Crippen molar-refractivity contribution in [1.82, 2.24) is 0 Å². The molecule has 1 aliphatic heterocycles. The third-order valence-corrected chi connectivity index (χ3v) is 5.10. The van der Waals surface area contributed by atoms with Gasteiger partial charge in [0.1, 0.15) is 11.1 Å². The van der Waals surface area contributed by atoms with Gasteiger partial charge in [-0.25, -0.2) is 4.79 Å². The lowest BCUT2D eigenvalue weighted by atomic mass is 9.99. The van der Waals surface area contributed by atoms with Crippen LogP contribution in [0.1, 0.15) is 36.2 Å². The summed E-state index contributed by atoms with van der Waals surface area (Å²) in [6.45, 7) is 4.48. The zero-order valence-electron chi connectivity index (χ0n) is 16.4. The van der Waals surface area contributed by atoms with Crippen LogP contribution < -0.4 is 15.8 Å². The number of rotatable bonds is 3. The average molecular weight is 390 g/mol. The van der Waals surface area contributed by atoms with E-state index in [1.165, 1.54) is 6.07 Å². The van der Waals surface area contributed by atoms with Crippen LogP contribution >= 0.6 is 0 Å². The van der Waals surface area contributed by atoms with E-state index in [9.17, 15) is 14.4 Å². The van der Waals surface area contributed by atoms with Crippen LogP contribution in [0, 0.1) is 5.92 Å². The first-order valence-electron chi connectivity index (χ1n) is 9.72. The fraction of sp³-hybridized carbons (Fsp3) is 0.261. The Hall–Kier alpha value is -3.41. The van der Waals surface area contributed by atoms with Crippen LogP contribution in [0.4, 0.5) is 11.4 Å². The highest BCUT2D eigenvalue weighted by Crippen LogP contribution is 2.31. The van der Waals surface area contributed by atoms with Gasteiger partial charge in [0.05, 0.1) is 0 Å². The SMILES string of the molecule is CC(C)C(=O)N1CCCc2cc(NC(=O)c3cc4ccccc4oc3=O)ccc21. The molecule has 0 saturated heterocycles. The van der Waals surface area contributed by atoms with Gasteiger partial charge in [-0.15, -0.1) is 0 Å². The van der Waals surface area contributed by atoms with Crippen molar-refractivity contribution in [2.75, 3.05) is 16.8 Å². The molecule has 1 aliphatic rings. The Morgan fingerprint density at radius 3 is 2.69 bits per heavy atom. The Morgan fingerprint density at radius 1 is 1.10 bits per heavy atom. The number of benzene rings is 2. The van der Waals surface area contributed by atoms with Crippen molar-refractivity contribution in [3.05, 3.63) is 70.1 Å². The van der Waals surface area contributed by atoms with Gasteiger partial charge in [-0.2, -0.15) is 0 Å². The van der Waals surface area contributed by atoms with Crippen LogP contribution in [0.2, 0.25) is 0 Å². The van der Waals surface area contributed by atoms with E-state index in [0.717, 1.165) is 24.1 Å². The van der Waals surface area contributed by atoms with E-state index < -0.39 is 11.5 Å². The molecule has 4 rings (SSSR count). The molecule has 1 N–H and O–H groups in total. The summed E-state index contributed by atoms with van der Waals surface area (Å²) in [5, 5.41) is 3.46. The van der Waals surface area contributed by atoms with E-state index in [1.807, 2.05) is 36.9 Å². The van der Waals surface area contributed by atoms with Gasteiger partial charge < -0.3 is 14.6 Å². The Kier molecular flexibility index (Phi) is 4.92. The molecule has 2 heterocycles. The summed E-state index contributed by atoms with van der Waals surface area (Å²) < 4.78 is 5.24. The van der Waals surface area contributed by atoms with Crippen LogP contribution in [-0.4, -0.2) is 18.4 Å². The molecule has 0 fully saturated rings. The number of fused-ring (bicyclic) bond motifs is 2.